The van der Waals surface area contributed by atoms with Crippen LogP contribution in [0.1, 0.15) is 60.0 Å². The molecule has 1 aliphatic carbocycles. The fraction of sp³-hybridized carbons (Fsp3) is 0.588. The molecule has 24 heavy (non-hydrogen) atoms. The average molecular weight is 345 g/mol. The highest BCUT2D eigenvalue weighted by atomic mass is 32.1. The topological polar surface area (TPSA) is 87.9 Å². The van der Waals surface area contributed by atoms with E-state index in [4.69, 9.17) is 10.7 Å². The molecular weight excluding hydrogens is 322 g/mol. The second kappa shape index (κ2) is 6.64. The van der Waals surface area contributed by atoms with Crippen LogP contribution in [-0.4, -0.2) is 26.4 Å². The van der Waals surface area contributed by atoms with Crippen molar-refractivity contribution < 1.29 is 0 Å². The number of nitrogen functional groups attached to an aromatic ring is 1. The highest BCUT2D eigenvalue weighted by Crippen LogP contribution is 2.31. The van der Waals surface area contributed by atoms with Crippen molar-refractivity contribution in [3.05, 3.63) is 38.5 Å². The van der Waals surface area contributed by atoms with Gasteiger partial charge >= 0.3 is 0 Å². The van der Waals surface area contributed by atoms with Crippen molar-refractivity contribution in [2.24, 2.45) is 0 Å². The van der Waals surface area contributed by atoms with Crippen molar-refractivity contribution in [3.63, 3.8) is 0 Å². The van der Waals surface area contributed by atoms with Crippen LogP contribution in [0.4, 0.5) is 5.13 Å². The van der Waals surface area contributed by atoms with Gasteiger partial charge in [0, 0.05) is 43.0 Å². The summed E-state index contributed by atoms with van der Waals surface area (Å²) in [5.41, 5.74) is 7.58. The molecule has 0 unspecified atom stereocenters. The van der Waals surface area contributed by atoms with Crippen LogP contribution in [-0.2, 0) is 19.5 Å². The molecule has 0 amide bonds. The molecule has 1 aliphatic heterocycles. The first kappa shape index (κ1) is 15.8. The first-order valence-electron chi connectivity index (χ1n) is 8.73. The van der Waals surface area contributed by atoms with Crippen LogP contribution in [0.25, 0.3) is 0 Å². The molecule has 0 saturated heterocycles. The zero-order valence-electron chi connectivity index (χ0n) is 13.8. The quantitative estimate of drug-likeness (QED) is 0.892. The number of rotatable bonds is 3. The van der Waals surface area contributed by atoms with Gasteiger partial charge in [0.2, 0.25) is 0 Å². The number of hydrogen-bond acceptors (Lipinski definition) is 6. The summed E-state index contributed by atoms with van der Waals surface area (Å²) < 4.78 is 0. The minimum atomic E-state index is 0.0501. The molecule has 1 fully saturated rings. The third-order valence-corrected chi connectivity index (χ3v) is 5.92. The molecule has 1 saturated carbocycles. The second-order valence-electron chi connectivity index (χ2n) is 6.84. The zero-order valence-corrected chi connectivity index (χ0v) is 14.6. The van der Waals surface area contributed by atoms with E-state index < -0.39 is 0 Å². The maximum atomic E-state index is 12.6. The molecule has 2 aromatic heterocycles. The number of fused-ring (bicyclic) bond motifs is 1. The van der Waals surface area contributed by atoms with E-state index in [1.807, 2.05) is 6.20 Å². The minimum Gasteiger partial charge on any atom is -0.375 e. The van der Waals surface area contributed by atoms with Gasteiger partial charge in [-0.05, 0) is 12.8 Å². The summed E-state index contributed by atoms with van der Waals surface area (Å²) in [6.45, 7) is 2.36. The van der Waals surface area contributed by atoms with Gasteiger partial charge in [0.25, 0.3) is 5.56 Å². The van der Waals surface area contributed by atoms with E-state index in [0.717, 1.165) is 54.3 Å². The molecule has 2 aliphatic rings. The van der Waals surface area contributed by atoms with Crippen LogP contribution in [0.5, 0.6) is 0 Å². The van der Waals surface area contributed by atoms with Crippen LogP contribution < -0.4 is 11.3 Å². The summed E-state index contributed by atoms with van der Waals surface area (Å²) in [5, 5.41) is 0.596. The Morgan fingerprint density at radius 3 is 2.92 bits per heavy atom. The first-order valence-corrected chi connectivity index (χ1v) is 9.55. The monoisotopic (exact) mass is 345 g/mol. The number of nitrogens with one attached hydrogen (secondary N) is 1. The third-order valence-electron chi connectivity index (χ3n) is 5.11. The molecule has 0 spiro atoms. The molecule has 0 radical (unpaired) electrons. The van der Waals surface area contributed by atoms with E-state index in [1.165, 1.54) is 30.6 Å². The molecule has 0 aromatic carbocycles. The molecule has 0 atom stereocenters. The number of aromatic amines is 1. The molecule has 7 heteroatoms. The number of thiazole rings is 1. The van der Waals surface area contributed by atoms with Gasteiger partial charge in [-0.2, -0.15) is 0 Å². The number of H-pyrrole nitrogens is 1. The van der Waals surface area contributed by atoms with Crippen molar-refractivity contribution in [2.45, 2.75) is 57.5 Å². The zero-order chi connectivity index (χ0) is 16.5. The first-order chi connectivity index (χ1) is 11.7. The number of anilines is 1. The van der Waals surface area contributed by atoms with E-state index in [0.29, 0.717) is 17.6 Å². The summed E-state index contributed by atoms with van der Waals surface area (Å²) in [5.74, 6) is 1.36. The Balaban J connectivity index is 1.52. The SMILES string of the molecule is Nc1ncc(CN2CCc3nc(C4CCCCC4)[nH]c(=O)c3C2)s1. The molecule has 3 heterocycles. The van der Waals surface area contributed by atoms with Gasteiger partial charge < -0.3 is 10.7 Å². The standard InChI is InChI=1S/C17H23N5OS/c18-17-19-8-12(24-17)9-22-7-6-14-13(10-22)16(23)21-15(20-14)11-4-2-1-3-5-11/h8,11H,1-7,9-10H2,(H2,18,19)(H,20,21,23). The molecule has 2 aromatic rings. The van der Waals surface area contributed by atoms with E-state index >= 15 is 0 Å². The number of nitrogens with two attached hydrogens (primary N) is 1. The van der Waals surface area contributed by atoms with E-state index in [2.05, 4.69) is 14.9 Å². The van der Waals surface area contributed by atoms with Crippen molar-refractivity contribution in [2.75, 3.05) is 12.3 Å². The normalized spacial score (nSPS) is 19.3. The van der Waals surface area contributed by atoms with Gasteiger partial charge in [-0.25, -0.2) is 9.97 Å². The van der Waals surface area contributed by atoms with Gasteiger partial charge in [-0.1, -0.05) is 19.3 Å². The Morgan fingerprint density at radius 2 is 2.17 bits per heavy atom. The molecular formula is C17H23N5OS. The van der Waals surface area contributed by atoms with E-state index in [-0.39, 0.29) is 5.56 Å². The lowest BCUT2D eigenvalue weighted by Crippen LogP contribution is -2.36. The molecule has 3 N–H and O–H groups in total. The van der Waals surface area contributed by atoms with Crippen LogP contribution in [0, 0.1) is 0 Å². The molecule has 6 nitrogen and oxygen atoms in total. The largest absolute Gasteiger partial charge is 0.375 e. The van der Waals surface area contributed by atoms with E-state index in [9.17, 15) is 4.79 Å². The molecule has 0 bridgehead atoms. The Hall–Kier alpha value is -1.73. The van der Waals surface area contributed by atoms with Crippen LogP contribution in [0.3, 0.4) is 0 Å². The smallest absolute Gasteiger partial charge is 0.255 e. The maximum absolute atomic E-state index is 12.6. The fourth-order valence-corrected chi connectivity index (χ4v) is 4.55. The summed E-state index contributed by atoms with van der Waals surface area (Å²) >= 11 is 1.51. The lowest BCUT2D eigenvalue weighted by Gasteiger charge is -2.28. The summed E-state index contributed by atoms with van der Waals surface area (Å²) in [7, 11) is 0. The van der Waals surface area contributed by atoms with Crippen LogP contribution in [0.15, 0.2) is 11.0 Å². The minimum absolute atomic E-state index is 0.0501. The lowest BCUT2D eigenvalue weighted by atomic mass is 9.88. The van der Waals surface area contributed by atoms with Gasteiger partial charge in [0.15, 0.2) is 5.13 Å². The summed E-state index contributed by atoms with van der Waals surface area (Å²) in [4.78, 5) is 28.0. The van der Waals surface area contributed by atoms with Gasteiger partial charge in [0.05, 0.1) is 11.3 Å². The summed E-state index contributed by atoms with van der Waals surface area (Å²) in [6, 6.07) is 0. The van der Waals surface area contributed by atoms with Crippen molar-refractivity contribution in [1.29, 1.82) is 0 Å². The highest BCUT2D eigenvalue weighted by molar-refractivity contribution is 7.15. The van der Waals surface area contributed by atoms with Crippen molar-refractivity contribution in [1.82, 2.24) is 19.9 Å². The molecule has 4 rings (SSSR count). The third kappa shape index (κ3) is 3.23. The Kier molecular flexibility index (Phi) is 4.37. The van der Waals surface area contributed by atoms with Gasteiger partial charge in [-0.3, -0.25) is 9.69 Å². The van der Waals surface area contributed by atoms with Crippen molar-refractivity contribution >= 4 is 16.5 Å². The van der Waals surface area contributed by atoms with Gasteiger partial charge in [-0.15, -0.1) is 11.3 Å². The molecule has 128 valence electrons. The highest BCUT2D eigenvalue weighted by Gasteiger charge is 2.24. The summed E-state index contributed by atoms with van der Waals surface area (Å²) in [6.07, 6.45) is 8.77. The Bertz CT molecular complexity index is 778. The van der Waals surface area contributed by atoms with Crippen LogP contribution in [0.2, 0.25) is 0 Å². The predicted molar refractivity (Wildman–Crippen MR) is 95.0 cm³/mol. The number of hydrogen-bond donors (Lipinski definition) is 2. The lowest BCUT2D eigenvalue weighted by molar-refractivity contribution is 0.243. The Labute approximate surface area is 145 Å². The Morgan fingerprint density at radius 1 is 1.33 bits per heavy atom. The van der Waals surface area contributed by atoms with Crippen molar-refractivity contribution in [3.8, 4) is 0 Å². The predicted octanol–water partition coefficient (Wildman–Crippen LogP) is 2.41. The average Bonchev–Trinajstić information content (AvgIpc) is 3.01. The van der Waals surface area contributed by atoms with E-state index in [1.54, 1.807) is 0 Å². The number of nitrogens with zero attached hydrogens (tertiary/aromatic N) is 3. The number of aromatic nitrogens is 3. The maximum Gasteiger partial charge on any atom is 0.255 e. The second-order valence-corrected chi connectivity index (χ2v) is 7.98. The van der Waals surface area contributed by atoms with Crippen LogP contribution >= 0.6 is 11.3 Å². The van der Waals surface area contributed by atoms with Gasteiger partial charge in [0.1, 0.15) is 5.82 Å². The fourth-order valence-electron chi connectivity index (χ4n) is 3.82.